The van der Waals surface area contributed by atoms with E-state index in [1.165, 1.54) is 0 Å². The van der Waals surface area contributed by atoms with Gasteiger partial charge in [0, 0.05) is 32.7 Å². The van der Waals surface area contributed by atoms with Crippen molar-refractivity contribution >= 4 is 6.09 Å². The molecule has 0 aliphatic carbocycles. The lowest BCUT2D eigenvalue weighted by Crippen LogP contribution is -2.50. The molecule has 0 aromatic rings. The minimum Gasteiger partial charge on any atom is -0.450 e. The van der Waals surface area contributed by atoms with Gasteiger partial charge in [0.1, 0.15) is 0 Å². The average molecular weight is 232 g/mol. The predicted molar refractivity (Wildman–Crippen MR) is 58.1 cm³/mol. The zero-order valence-corrected chi connectivity index (χ0v) is 9.63. The summed E-state index contributed by atoms with van der Waals surface area (Å²) in [5, 5.41) is 18.0. The number of aliphatic hydroxyl groups excluding tert-OH is 2. The van der Waals surface area contributed by atoms with E-state index in [0.29, 0.717) is 39.3 Å². The number of amides is 1. The zero-order valence-electron chi connectivity index (χ0n) is 9.63. The van der Waals surface area contributed by atoms with Crippen molar-refractivity contribution in [2.24, 2.45) is 0 Å². The average Bonchev–Trinajstić information content (AvgIpc) is 2.30. The molecule has 1 rings (SSSR count). The second kappa shape index (κ2) is 6.67. The highest BCUT2D eigenvalue weighted by Gasteiger charge is 2.22. The van der Waals surface area contributed by atoms with Gasteiger partial charge < -0.3 is 19.8 Å². The number of ether oxygens (including phenoxy) is 1. The summed E-state index contributed by atoms with van der Waals surface area (Å²) in [7, 11) is 0. The quantitative estimate of drug-likeness (QED) is 0.658. The van der Waals surface area contributed by atoms with Crippen molar-refractivity contribution < 1.29 is 19.7 Å². The Bertz CT molecular complexity index is 217. The van der Waals surface area contributed by atoms with Crippen LogP contribution in [0.1, 0.15) is 6.92 Å². The molecule has 1 aliphatic rings. The van der Waals surface area contributed by atoms with Crippen molar-refractivity contribution in [3.05, 3.63) is 0 Å². The fraction of sp³-hybridized carbons (Fsp3) is 0.900. The minimum absolute atomic E-state index is 0.224. The molecule has 16 heavy (non-hydrogen) atoms. The van der Waals surface area contributed by atoms with Crippen LogP contribution in [-0.2, 0) is 4.74 Å². The van der Waals surface area contributed by atoms with E-state index < -0.39 is 6.10 Å². The lowest BCUT2D eigenvalue weighted by atomic mass is 10.3. The van der Waals surface area contributed by atoms with Crippen molar-refractivity contribution in [2.75, 3.05) is 45.9 Å². The maximum absolute atomic E-state index is 11.4. The molecule has 6 heteroatoms. The number of nitrogens with zero attached hydrogens (tertiary/aromatic N) is 2. The van der Waals surface area contributed by atoms with Crippen LogP contribution < -0.4 is 0 Å². The maximum atomic E-state index is 11.4. The molecule has 1 atom stereocenters. The minimum atomic E-state index is -0.700. The standard InChI is InChI=1S/C10H20N2O4/c1-2-16-10(15)12-5-3-11(4-6-12)7-9(14)8-13/h9,13-14H,2-8H2,1H3. The van der Waals surface area contributed by atoms with E-state index in [-0.39, 0.29) is 12.7 Å². The molecule has 0 radical (unpaired) electrons. The molecule has 0 bridgehead atoms. The summed E-state index contributed by atoms with van der Waals surface area (Å²) in [6.45, 7) is 5.03. The topological polar surface area (TPSA) is 73.2 Å². The molecule has 0 aromatic heterocycles. The van der Waals surface area contributed by atoms with E-state index in [1.807, 2.05) is 4.90 Å². The Balaban J connectivity index is 2.25. The number of carbonyl (C=O) groups is 1. The van der Waals surface area contributed by atoms with Crippen LogP contribution in [-0.4, -0.2) is 78.1 Å². The maximum Gasteiger partial charge on any atom is 0.409 e. The summed E-state index contributed by atoms with van der Waals surface area (Å²) in [4.78, 5) is 15.1. The molecule has 94 valence electrons. The highest BCUT2D eigenvalue weighted by atomic mass is 16.6. The van der Waals surface area contributed by atoms with Gasteiger partial charge in [0.2, 0.25) is 0 Å². The van der Waals surface area contributed by atoms with Gasteiger partial charge in [-0.15, -0.1) is 0 Å². The molecule has 1 amide bonds. The van der Waals surface area contributed by atoms with Crippen molar-refractivity contribution in [1.29, 1.82) is 0 Å². The van der Waals surface area contributed by atoms with Gasteiger partial charge in [0.15, 0.2) is 0 Å². The molecule has 1 fully saturated rings. The molecule has 0 saturated carbocycles. The largest absolute Gasteiger partial charge is 0.450 e. The van der Waals surface area contributed by atoms with Crippen molar-refractivity contribution in [3.8, 4) is 0 Å². The predicted octanol–water partition coefficient (Wildman–Crippen LogP) is -0.886. The smallest absolute Gasteiger partial charge is 0.409 e. The van der Waals surface area contributed by atoms with E-state index in [0.717, 1.165) is 0 Å². The van der Waals surface area contributed by atoms with Gasteiger partial charge in [-0.05, 0) is 6.92 Å². The number of piperazine rings is 1. The van der Waals surface area contributed by atoms with Crippen molar-refractivity contribution in [3.63, 3.8) is 0 Å². The Morgan fingerprint density at radius 2 is 2.00 bits per heavy atom. The number of β-amino-alcohol motifs (C(OH)–C–C–N with tert-alkyl or cyclic N) is 1. The molecular formula is C10H20N2O4. The van der Waals surface area contributed by atoms with Crippen molar-refractivity contribution in [1.82, 2.24) is 9.80 Å². The Morgan fingerprint density at radius 3 is 2.50 bits per heavy atom. The molecule has 0 spiro atoms. The van der Waals surface area contributed by atoms with Crippen LogP contribution in [0.15, 0.2) is 0 Å². The summed E-state index contributed by atoms with van der Waals surface area (Å²) in [6, 6.07) is 0. The van der Waals surface area contributed by atoms with Gasteiger partial charge in [-0.3, -0.25) is 4.90 Å². The van der Waals surface area contributed by atoms with E-state index in [9.17, 15) is 9.90 Å². The van der Waals surface area contributed by atoms with Gasteiger partial charge in [-0.2, -0.15) is 0 Å². The van der Waals surface area contributed by atoms with E-state index in [4.69, 9.17) is 9.84 Å². The first kappa shape index (κ1) is 13.2. The van der Waals surface area contributed by atoms with Crippen LogP contribution in [0.4, 0.5) is 4.79 Å². The van der Waals surface area contributed by atoms with Crippen LogP contribution >= 0.6 is 0 Å². The number of carbonyl (C=O) groups excluding carboxylic acids is 1. The SMILES string of the molecule is CCOC(=O)N1CCN(CC(O)CO)CC1. The number of hydrogen-bond donors (Lipinski definition) is 2. The number of hydrogen-bond acceptors (Lipinski definition) is 5. The van der Waals surface area contributed by atoms with E-state index in [2.05, 4.69) is 0 Å². The van der Waals surface area contributed by atoms with Gasteiger partial charge in [-0.1, -0.05) is 0 Å². The number of rotatable bonds is 4. The fourth-order valence-corrected chi connectivity index (χ4v) is 1.68. The first-order chi connectivity index (χ1) is 7.67. The summed E-state index contributed by atoms with van der Waals surface area (Å²) in [5.74, 6) is 0. The molecule has 0 aromatic carbocycles. The van der Waals surface area contributed by atoms with E-state index in [1.54, 1.807) is 11.8 Å². The van der Waals surface area contributed by atoms with Crippen LogP contribution in [0.3, 0.4) is 0 Å². The molecule has 6 nitrogen and oxygen atoms in total. The third-order valence-electron chi connectivity index (χ3n) is 2.58. The lowest BCUT2D eigenvalue weighted by molar-refractivity contribution is 0.0356. The summed E-state index contributed by atoms with van der Waals surface area (Å²) in [6.07, 6.45) is -0.973. The molecule has 1 saturated heterocycles. The number of aliphatic hydroxyl groups is 2. The van der Waals surface area contributed by atoms with Crippen LogP contribution in [0.5, 0.6) is 0 Å². The Hall–Kier alpha value is -0.850. The molecule has 1 unspecified atom stereocenters. The normalized spacial score (nSPS) is 19.6. The van der Waals surface area contributed by atoms with Gasteiger partial charge >= 0.3 is 6.09 Å². The Kier molecular flexibility index (Phi) is 5.51. The second-order valence-corrected chi connectivity index (χ2v) is 3.82. The van der Waals surface area contributed by atoms with Gasteiger partial charge in [0.25, 0.3) is 0 Å². The van der Waals surface area contributed by atoms with Crippen LogP contribution in [0.2, 0.25) is 0 Å². The van der Waals surface area contributed by atoms with Gasteiger partial charge in [-0.25, -0.2) is 4.79 Å². The summed E-state index contributed by atoms with van der Waals surface area (Å²) < 4.78 is 4.90. The second-order valence-electron chi connectivity index (χ2n) is 3.82. The Morgan fingerprint density at radius 1 is 1.38 bits per heavy atom. The fourth-order valence-electron chi connectivity index (χ4n) is 1.68. The summed E-state index contributed by atoms with van der Waals surface area (Å²) >= 11 is 0. The lowest BCUT2D eigenvalue weighted by Gasteiger charge is -2.34. The molecule has 2 N–H and O–H groups in total. The third kappa shape index (κ3) is 3.96. The van der Waals surface area contributed by atoms with Crippen molar-refractivity contribution in [2.45, 2.75) is 13.0 Å². The highest BCUT2D eigenvalue weighted by Crippen LogP contribution is 2.04. The van der Waals surface area contributed by atoms with Gasteiger partial charge in [0.05, 0.1) is 19.3 Å². The third-order valence-corrected chi connectivity index (χ3v) is 2.58. The van der Waals surface area contributed by atoms with Crippen LogP contribution in [0.25, 0.3) is 0 Å². The van der Waals surface area contributed by atoms with Crippen LogP contribution in [0, 0.1) is 0 Å². The molecule has 1 heterocycles. The Labute approximate surface area is 95.4 Å². The van der Waals surface area contributed by atoms with E-state index >= 15 is 0 Å². The zero-order chi connectivity index (χ0) is 12.0. The molecular weight excluding hydrogens is 212 g/mol. The highest BCUT2D eigenvalue weighted by molar-refractivity contribution is 5.67. The first-order valence-electron chi connectivity index (χ1n) is 5.60. The molecule has 1 aliphatic heterocycles. The first-order valence-corrected chi connectivity index (χ1v) is 5.60. The summed E-state index contributed by atoms with van der Waals surface area (Å²) in [5.41, 5.74) is 0. The monoisotopic (exact) mass is 232 g/mol.